The van der Waals surface area contributed by atoms with Crippen molar-refractivity contribution in [3.05, 3.63) is 77.7 Å². The Bertz CT molecular complexity index is 1470. The van der Waals surface area contributed by atoms with Crippen molar-refractivity contribution in [1.82, 2.24) is 0 Å². The van der Waals surface area contributed by atoms with Gasteiger partial charge in [0.25, 0.3) is 0 Å². The number of fused-ring (bicyclic) bond motifs is 4. The van der Waals surface area contributed by atoms with Crippen molar-refractivity contribution < 1.29 is 13.4 Å². The molecule has 1 fully saturated rings. The first kappa shape index (κ1) is 18.6. The van der Waals surface area contributed by atoms with Gasteiger partial charge in [-0.05, 0) is 60.4 Å². The van der Waals surface area contributed by atoms with E-state index in [0.29, 0.717) is 11.5 Å². The number of furan rings is 1. The molecule has 0 N–H and O–H groups in total. The van der Waals surface area contributed by atoms with Crippen molar-refractivity contribution in [2.24, 2.45) is 7.05 Å². The van der Waals surface area contributed by atoms with Gasteiger partial charge in [-0.3, -0.25) is 0 Å². The highest BCUT2D eigenvalue weighted by molar-refractivity contribution is 6.11. The third-order valence-corrected chi connectivity index (χ3v) is 7.04. The fourth-order valence-electron chi connectivity index (χ4n) is 5.42. The number of benzene rings is 3. The summed E-state index contributed by atoms with van der Waals surface area (Å²) in [6.45, 7) is 2.12. The Morgan fingerprint density at radius 2 is 1.68 bits per heavy atom. The van der Waals surface area contributed by atoms with Crippen molar-refractivity contribution in [2.45, 2.75) is 38.5 Å². The minimum atomic E-state index is -0.278. The third-order valence-electron chi connectivity index (χ3n) is 7.04. The first-order valence-corrected chi connectivity index (χ1v) is 11.1. The molecule has 0 spiro atoms. The number of aryl methyl sites for hydroxylation is 2. The van der Waals surface area contributed by atoms with Crippen LogP contribution in [0, 0.1) is 12.7 Å². The second kappa shape index (κ2) is 6.91. The molecule has 0 bridgehead atoms. The molecule has 1 aliphatic carbocycles. The number of rotatable bonds is 2. The zero-order valence-electron chi connectivity index (χ0n) is 17.9. The van der Waals surface area contributed by atoms with Gasteiger partial charge >= 0.3 is 0 Å². The summed E-state index contributed by atoms with van der Waals surface area (Å²) in [5.41, 5.74) is 6.24. The smallest absolute Gasteiger partial charge is 0.224 e. The standard InChI is InChI=1S/C28H25FNO/c1-17-7-10-24-23-12-9-21(29)16-25(23)31-28(24)26(17)27-22-11-8-19(18-5-3-4-6-18)15-20(22)13-14-30(27)2/h7-16,18H,3-6H2,1-2H3/q+1. The molecular formula is C28H25FNO+. The summed E-state index contributed by atoms with van der Waals surface area (Å²) >= 11 is 0. The Morgan fingerprint density at radius 1 is 0.903 bits per heavy atom. The van der Waals surface area contributed by atoms with E-state index in [0.717, 1.165) is 33.2 Å². The molecule has 0 unspecified atom stereocenters. The molecule has 2 nitrogen and oxygen atoms in total. The molecule has 154 valence electrons. The van der Waals surface area contributed by atoms with Gasteiger partial charge < -0.3 is 4.42 Å². The average Bonchev–Trinajstić information content (AvgIpc) is 3.42. The van der Waals surface area contributed by atoms with Gasteiger partial charge in [-0.2, -0.15) is 0 Å². The molecule has 31 heavy (non-hydrogen) atoms. The quantitative estimate of drug-likeness (QED) is 0.278. The SMILES string of the molecule is Cc1ccc2c(oc3cc(F)ccc32)c1-c1c2ccc(C3CCCC3)cc2cc[n+]1C. The van der Waals surface area contributed by atoms with Crippen molar-refractivity contribution in [1.29, 1.82) is 0 Å². The monoisotopic (exact) mass is 410 g/mol. The third kappa shape index (κ3) is 2.87. The lowest BCUT2D eigenvalue weighted by Crippen LogP contribution is -2.30. The maximum atomic E-state index is 13.8. The summed E-state index contributed by atoms with van der Waals surface area (Å²) in [6, 6.07) is 18.2. The summed E-state index contributed by atoms with van der Waals surface area (Å²) in [5, 5.41) is 4.45. The molecule has 2 aromatic heterocycles. The molecule has 3 heteroatoms. The lowest BCUT2D eigenvalue weighted by molar-refractivity contribution is -0.659. The molecule has 1 aliphatic rings. The molecule has 1 saturated carbocycles. The van der Waals surface area contributed by atoms with Gasteiger partial charge in [0.1, 0.15) is 24.0 Å². The first-order valence-electron chi connectivity index (χ1n) is 11.1. The summed E-state index contributed by atoms with van der Waals surface area (Å²) in [4.78, 5) is 0. The molecule has 0 amide bonds. The van der Waals surface area contributed by atoms with E-state index in [1.54, 1.807) is 0 Å². The fourth-order valence-corrected chi connectivity index (χ4v) is 5.42. The normalized spacial score (nSPS) is 14.9. The largest absolute Gasteiger partial charge is 0.455 e. The van der Waals surface area contributed by atoms with E-state index in [4.69, 9.17) is 4.42 Å². The van der Waals surface area contributed by atoms with Crippen LogP contribution in [0.25, 0.3) is 44.0 Å². The molecule has 2 heterocycles. The van der Waals surface area contributed by atoms with Crippen molar-refractivity contribution in [3.8, 4) is 11.3 Å². The number of hydrogen-bond acceptors (Lipinski definition) is 1. The number of aromatic nitrogens is 1. The van der Waals surface area contributed by atoms with Crippen LogP contribution in [-0.2, 0) is 7.05 Å². The van der Waals surface area contributed by atoms with E-state index in [9.17, 15) is 4.39 Å². The van der Waals surface area contributed by atoms with Crippen LogP contribution in [-0.4, -0.2) is 0 Å². The number of pyridine rings is 1. The van der Waals surface area contributed by atoms with E-state index in [2.05, 4.69) is 61.1 Å². The van der Waals surface area contributed by atoms with Gasteiger partial charge in [0, 0.05) is 22.9 Å². The van der Waals surface area contributed by atoms with Crippen LogP contribution in [0.4, 0.5) is 4.39 Å². The second-order valence-electron chi connectivity index (χ2n) is 8.98. The zero-order chi connectivity index (χ0) is 21.1. The first-order chi connectivity index (χ1) is 15.1. The van der Waals surface area contributed by atoms with Crippen LogP contribution in [0.1, 0.15) is 42.7 Å². The fraction of sp³-hybridized carbons (Fsp3) is 0.250. The summed E-state index contributed by atoms with van der Waals surface area (Å²) in [5.74, 6) is 0.414. The Morgan fingerprint density at radius 3 is 2.52 bits per heavy atom. The summed E-state index contributed by atoms with van der Waals surface area (Å²) < 4.78 is 22.3. The maximum Gasteiger partial charge on any atom is 0.224 e. The molecule has 0 atom stereocenters. The zero-order valence-corrected chi connectivity index (χ0v) is 17.9. The Kier molecular flexibility index (Phi) is 4.14. The van der Waals surface area contributed by atoms with Gasteiger partial charge in [-0.25, -0.2) is 8.96 Å². The van der Waals surface area contributed by atoms with E-state index in [1.807, 2.05) is 6.07 Å². The highest BCUT2D eigenvalue weighted by Crippen LogP contribution is 2.40. The predicted molar refractivity (Wildman–Crippen MR) is 124 cm³/mol. The van der Waals surface area contributed by atoms with Crippen LogP contribution in [0.5, 0.6) is 0 Å². The molecule has 0 aliphatic heterocycles. The Labute approximate surface area is 180 Å². The minimum Gasteiger partial charge on any atom is -0.455 e. The predicted octanol–water partition coefficient (Wildman–Crippen LogP) is 7.34. The number of hydrogen-bond donors (Lipinski definition) is 0. The lowest BCUT2D eigenvalue weighted by Gasteiger charge is -2.12. The topological polar surface area (TPSA) is 17.0 Å². The van der Waals surface area contributed by atoms with Crippen molar-refractivity contribution in [3.63, 3.8) is 0 Å². The van der Waals surface area contributed by atoms with Crippen LogP contribution in [0.15, 0.2) is 65.2 Å². The van der Waals surface area contributed by atoms with Gasteiger partial charge in [0.15, 0.2) is 6.20 Å². The molecule has 3 aromatic carbocycles. The molecule has 5 aromatic rings. The van der Waals surface area contributed by atoms with E-state index in [-0.39, 0.29) is 5.82 Å². The van der Waals surface area contributed by atoms with Crippen LogP contribution < -0.4 is 4.57 Å². The van der Waals surface area contributed by atoms with Gasteiger partial charge in [0.2, 0.25) is 5.69 Å². The number of halogens is 1. The molecular weight excluding hydrogens is 385 g/mol. The molecule has 0 saturated heterocycles. The Hall–Kier alpha value is -3.20. The van der Waals surface area contributed by atoms with Crippen LogP contribution in [0.2, 0.25) is 0 Å². The highest BCUT2D eigenvalue weighted by atomic mass is 19.1. The van der Waals surface area contributed by atoms with Gasteiger partial charge in [0.05, 0.1) is 10.9 Å². The average molecular weight is 411 g/mol. The molecule has 0 radical (unpaired) electrons. The van der Waals surface area contributed by atoms with Crippen LogP contribution in [0.3, 0.4) is 0 Å². The van der Waals surface area contributed by atoms with Crippen molar-refractivity contribution >= 4 is 32.7 Å². The van der Waals surface area contributed by atoms with E-state index >= 15 is 0 Å². The van der Waals surface area contributed by atoms with Crippen molar-refractivity contribution in [2.75, 3.05) is 0 Å². The summed E-state index contributed by atoms with van der Waals surface area (Å²) in [7, 11) is 2.08. The maximum absolute atomic E-state index is 13.8. The van der Waals surface area contributed by atoms with E-state index in [1.165, 1.54) is 54.2 Å². The molecule has 6 rings (SSSR count). The summed E-state index contributed by atoms with van der Waals surface area (Å²) in [6.07, 6.45) is 7.41. The lowest BCUT2D eigenvalue weighted by atomic mass is 9.92. The van der Waals surface area contributed by atoms with Crippen LogP contribution >= 0.6 is 0 Å². The van der Waals surface area contributed by atoms with E-state index < -0.39 is 0 Å². The van der Waals surface area contributed by atoms with Gasteiger partial charge in [-0.15, -0.1) is 0 Å². The number of nitrogens with zero attached hydrogens (tertiary/aromatic N) is 1. The van der Waals surface area contributed by atoms with Gasteiger partial charge in [-0.1, -0.05) is 37.1 Å². The second-order valence-corrected chi connectivity index (χ2v) is 8.98. The minimum absolute atomic E-state index is 0.278. The highest BCUT2D eigenvalue weighted by Gasteiger charge is 2.24. The Balaban J connectivity index is 1.64.